The van der Waals surface area contributed by atoms with Gasteiger partial charge in [-0.25, -0.2) is 0 Å². The number of nitrogens with zero attached hydrogens (tertiary/aromatic N) is 1. The number of rotatable bonds is 4. The lowest BCUT2D eigenvalue weighted by molar-refractivity contribution is 0.561. The van der Waals surface area contributed by atoms with Gasteiger partial charge in [-0.3, -0.25) is 0 Å². The molecule has 1 aromatic rings. The summed E-state index contributed by atoms with van der Waals surface area (Å²) in [6.07, 6.45) is 1.82. The molecule has 0 radical (unpaired) electrons. The van der Waals surface area contributed by atoms with E-state index >= 15 is 0 Å². The molecule has 0 aliphatic heterocycles. The fraction of sp³-hybridized carbons (Fsp3) is 0.500. The molecule has 1 rings (SSSR count). The van der Waals surface area contributed by atoms with E-state index in [0.29, 0.717) is 0 Å². The fourth-order valence-electron chi connectivity index (χ4n) is 1.29. The molecule has 0 spiro atoms. The lowest BCUT2D eigenvalue weighted by Gasteiger charge is -2.18. The van der Waals surface area contributed by atoms with Gasteiger partial charge in [-0.15, -0.1) is 0 Å². The lowest BCUT2D eigenvalue weighted by Crippen LogP contribution is -2.26. The minimum atomic E-state index is -1.14. The van der Waals surface area contributed by atoms with E-state index in [1.165, 1.54) is 5.56 Å². The number of benzene rings is 1. The molecule has 2 nitrogen and oxygen atoms in total. The molecule has 94 valence electrons. The molecule has 0 fully saturated rings. The molecule has 0 aliphatic carbocycles. The van der Waals surface area contributed by atoms with Crippen LogP contribution in [0.25, 0.3) is 0 Å². The Balaban J connectivity index is 2.50. The van der Waals surface area contributed by atoms with Gasteiger partial charge >= 0.3 is 0 Å². The van der Waals surface area contributed by atoms with E-state index in [-0.39, 0.29) is 4.75 Å². The van der Waals surface area contributed by atoms with E-state index in [2.05, 4.69) is 16.5 Å². The van der Waals surface area contributed by atoms with Crippen LogP contribution in [0.1, 0.15) is 39.7 Å². The van der Waals surface area contributed by atoms with Crippen molar-refractivity contribution in [2.24, 2.45) is 4.40 Å². The first-order valence-electron chi connectivity index (χ1n) is 5.89. The molecule has 0 N–H and O–H groups in total. The zero-order chi connectivity index (χ0) is 12.9. The summed E-state index contributed by atoms with van der Waals surface area (Å²) in [7, 11) is 0. The predicted molar refractivity (Wildman–Crippen MR) is 75.8 cm³/mol. The first-order chi connectivity index (χ1) is 7.89. The van der Waals surface area contributed by atoms with E-state index in [0.717, 1.165) is 18.6 Å². The van der Waals surface area contributed by atoms with Crippen LogP contribution in [-0.4, -0.2) is 15.0 Å². The second kappa shape index (κ2) is 6.22. The van der Waals surface area contributed by atoms with Gasteiger partial charge in [-0.05, 0) is 46.1 Å². The van der Waals surface area contributed by atoms with Crippen LogP contribution in [0.15, 0.2) is 34.7 Å². The molecule has 0 aromatic heterocycles. The summed E-state index contributed by atoms with van der Waals surface area (Å²) >= 11 is -1.14. The van der Waals surface area contributed by atoms with Crippen molar-refractivity contribution < 1.29 is 4.55 Å². The Morgan fingerprint density at radius 3 is 2.35 bits per heavy atom. The van der Waals surface area contributed by atoms with Gasteiger partial charge < -0.3 is 4.55 Å². The van der Waals surface area contributed by atoms with Gasteiger partial charge in [0.2, 0.25) is 0 Å². The fourth-order valence-corrected chi connectivity index (χ4v) is 1.94. The number of hydrogen-bond donors (Lipinski definition) is 0. The van der Waals surface area contributed by atoms with E-state index in [1.807, 2.05) is 45.9 Å². The molecule has 0 saturated carbocycles. The highest BCUT2D eigenvalue weighted by atomic mass is 32.2. The van der Waals surface area contributed by atoms with Crippen LogP contribution in [0, 0.1) is 0 Å². The van der Waals surface area contributed by atoms with E-state index in [9.17, 15) is 4.55 Å². The molecule has 1 atom stereocenters. The van der Waals surface area contributed by atoms with Crippen molar-refractivity contribution in [3.63, 3.8) is 0 Å². The van der Waals surface area contributed by atoms with Crippen LogP contribution in [-0.2, 0) is 17.8 Å². The quantitative estimate of drug-likeness (QED) is 0.595. The van der Waals surface area contributed by atoms with Gasteiger partial charge in [0.1, 0.15) is 16.1 Å². The summed E-state index contributed by atoms with van der Waals surface area (Å²) in [5.41, 5.74) is 2.26. The Bertz CT molecular complexity index is 368. The minimum absolute atomic E-state index is 0.270. The van der Waals surface area contributed by atoms with Gasteiger partial charge in [0, 0.05) is 0 Å². The molecule has 0 aliphatic rings. The molecule has 0 heterocycles. The summed E-state index contributed by atoms with van der Waals surface area (Å²) in [5, 5.41) is 0. The third kappa shape index (κ3) is 5.37. The van der Waals surface area contributed by atoms with Gasteiger partial charge in [-0.2, -0.15) is 0 Å². The Kier molecular flexibility index (Phi) is 5.22. The van der Waals surface area contributed by atoms with Crippen LogP contribution < -0.4 is 0 Å². The smallest absolute Gasteiger partial charge is 0.144 e. The summed E-state index contributed by atoms with van der Waals surface area (Å²) in [4.78, 5) is 0. The van der Waals surface area contributed by atoms with E-state index in [4.69, 9.17) is 0 Å². The lowest BCUT2D eigenvalue weighted by atomic mass is 10.1. The van der Waals surface area contributed by atoms with E-state index < -0.39 is 11.4 Å². The standard InChI is InChI=1S/C14H21NOS/c1-12(15-17(16)14(2,3)4)10-11-13-8-6-5-7-9-13/h5-9H,10-11H2,1-4H3/t17-/m1/s1. The zero-order valence-electron chi connectivity index (χ0n) is 11.1. The second-order valence-electron chi connectivity index (χ2n) is 5.17. The first kappa shape index (κ1) is 14.3. The highest BCUT2D eigenvalue weighted by molar-refractivity contribution is 7.91. The zero-order valence-corrected chi connectivity index (χ0v) is 11.9. The molecule has 0 unspecified atom stereocenters. The normalized spacial score (nSPS) is 14.8. The van der Waals surface area contributed by atoms with Crippen molar-refractivity contribution in [2.75, 3.05) is 0 Å². The maximum atomic E-state index is 11.8. The molecular weight excluding hydrogens is 230 g/mol. The summed E-state index contributed by atoms with van der Waals surface area (Å²) in [5.74, 6) is 0. The molecule has 17 heavy (non-hydrogen) atoms. The van der Waals surface area contributed by atoms with Gasteiger partial charge in [0.15, 0.2) is 0 Å². The number of hydrogen-bond acceptors (Lipinski definition) is 2. The van der Waals surface area contributed by atoms with Crippen LogP contribution in [0.5, 0.6) is 0 Å². The maximum absolute atomic E-state index is 11.8. The Morgan fingerprint density at radius 1 is 1.24 bits per heavy atom. The minimum Gasteiger partial charge on any atom is -0.591 e. The van der Waals surface area contributed by atoms with Crippen molar-refractivity contribution in [3.05, 3.63) is 35.9 Å². The molecule has 3 heteroatoms. The van der Waals surface area contributed by atoms with Crippen LogP contribution in [0.3, 0.4) is 0 Å². The molecular formula is C14H21NOS. The molecule has 0 amide bonds. The Labute approximate surface area is 107 Å². The molecule has 0 saturated heterocycles. The highest BCUT2D eigenvalue weighted by Crippen LogP contribution is 2.17. The van der Waals surface area contributed by atoms with Gasteiger partial charge in [0.25, 0.3) is 0 Å². The summed E-state index contributed by atoms with van der Waals surface area (Å²) < 4.78 is 15.8. The monoisotopic (exact) mass is 251 g/mol. The van der Waals surface area contributed by atoms with Gasteiger partial charge in [0.05, 0.1) is 5.71 Å². The van der Waals surface area contributed by atoms with Crippen molar-refractivity contribution in [2.45, 2.75) is 45.3 Å². The maximum Gasteiger partial charge on any atom is 0.144 e. The second-order valence-corrected chi connectivity index (χ2v) is 7.08. The average molecular weight is 251 g/mol. The summed E-state index contributed by atoms with van der Waals surface area (Å²) in [6, 6.07) is 10.3. The van der Waals surface area contributed by atoms with Crippen LogP contribution in [0.2, 0.25) is 0 Å². The SMILES string of the molecule is CC(CCc1ccccc1)=N[S@+]([O-])C(C)(C)C. The van der Waals surface area contributed by atoms with Crippen molar-refractivity contribution in [1.29, 1.82) is 0 Å². The third-order valence-corrected chi connectivity index (χ3v) is 3.91. The number of aryl methyl sites for hydroxylation is 1. The largest absolute Gasteiger partial charge is 0.591 e. The van der Waals surface area contributed by atoms with Crippen LogP contribution >= 0.6 is 0 Å². The van der Waals surface area contributed by atoms with Crippen molar-refractivity contribution in [1.82, 2.24) is 0 Å². The van der Waals surface area contributed by atoms with Crippen molar-refractivity contribution >= 4 is 17.1 Å². The van der Waals surface area contributed by atoms with Gasteiger partial charge in [-0.1, -0.05) is 34.7 Å². The third-order valence-electron chi connectivity index (χ3n) is 2.38. The molecule has 1 aromatic carbocycles. The van der Waals surface area contributed by atoms with Crippen molar-refractivity contribution in [3.8, 4) is 0 Å². The van der Waals surface area contributed by atoms with E-state index in [1.54, 1.807) is 0 Å². The highest BCUT2D eigenvalue weighted by Gasteiger charge is 2.26. The molecule has 0 bridgehead atoms. The Morgan fingerprint density at radius 2 is 1.82 bits per heavy atom. The van der Waals surface area contributed by atoms with Crippen LogP contribution in [0.4, 0.5) is 0 Å². The Hall–Kier alpha value is -0.800. The topological polar surface area (TPSA) is 35.4 Å². The average Bonchev–Trinajstić information content (AvgIpc) is 2.26. The predicted octanol–water partition coefficient (Wildman–Crippen LogP) is 3.54. The summed E-state index contributed by atoms with van der Waals surface area (Å²) in [6.45, 7) is 7.78. The first-order valence-corrected chi connectivity index (χ1v) is 7.00.